The minimum atomic E-state index is -0.617. The molecule has 3 heteroatoms. The summed E-state index contributed by atoms with van der Waals surface area (Å²) in [7, 11) is 0. The fraction of sp³-hybridized carbons (Fsp3) is 0.0323. The molecule has 1 aromatic heterocycles. The molecule has 302 valence electrons. The van der Waals surface area contributed by atoms with Gasteiger partial charge in [0.05, 0.1) is 21.9 Å². The van der Waals surface area contributed by atoms with Gasteiger partial charge in [-0.25, -0.2) is 0 Å². The third-order valence-corrected chi connectivity index (χ3v) is 14.9. The predicted octanol–water partition coefficient (Wildman–Crippen LogP) is 15.9. The van der Waals surface area contributed by atoms with E-state index >= 15 is 0 Å². The summed E-state index contributed by atoms with van der Waals surface area (Å²) in [6.45, 7) is 0. The van der Waals surface area contributed by atoms with Crippen LogP contribution in [0.5, 0.6) is 11.5 Å². The van der Waals surface area contributed by atoms with Crippen LogP contribution in [-0.2, 0) is 10.8 Å². The van der Waals surface area contributed by atoms with Crippen molar-refractivity contribution in [2.45, 2.75) is 10.8 Å². The molecule has 1 aliphatic heterocycles. The van der Waals surface area contributed by atoms with E-state index in [2.05, 4.69) is 229 Å². The van der Waals surface area contributed by atoms with Crippen molar-refractivity contribution in [3.8, 4) is 44.9 Å². The van der Waals surface area contributed by atoms with Crippen LogP contribution >= 0.6 is 0 Å². The number of hydrogen-bond donors (Lipinski definition) is 0. The van der Waals surface area contributed by atoms with E-state index in [1.807, 2.05) is 0 Å². The van der Waals surface area contributed by atoms with E-state index in [0.717, 1.165) is 61.6 Å². The first-order chi connectivity index (χ1) is 32.2. The third kappa shape index (κ3) is 4.31. The molecule has 0 saturated heterocycles. The highest BCUT2D eigenvalue weighted by Crippen LogP contribution is 2.65. The molecular weight excluding hydrogens is 791 g/mol. The quantitative estimate of drug-likeness (QED) is 0.177. The summed E-state index contributed by atoms with van der Waals surface area (Å²) in [5.74, 6) is 1.74. The van der Waals surface area contributed by atoms with Gasteiger partial charge in [-0.3, -0.25) is 0 Å². The molecule has 0 fully saturated rings. The maximum Gasteiger partial charge on any atom is 0.137 e. The topological polar surface area (TPSA) is 25.6 Å². The fourth-order valence-electron chi connectivity index (χ4n) is 12.6. The van der Waals surface area contributed by atoms with Gasteiger partial charge in [-0.1, -0.05) is 170 Å². The molecule has 0 amide bonds. The SMILES string of the molecule is c1ccc2c(c1)Oc1ccc(N(c3ccc4c(c3)C3(c5ccccc5-c5ccccc53)c3ccccc3-4)c3cccc4oc5ccccc5c34)cc1C21c2ccccc2-c2ccccc21. The van der Waals surface area contributed by atoms with Crippen LogP contribution in [0.3, 0.4) is 0 Å². The first kappa shape index (κ1) is 35.1. The van der Waals surface area contributed by atoms with Crippen molar-refractivity contribution in [1.82, 2.24) is 0 Å². The van der Waals surface area contributed by atoms with E-state index in [0.29, 0.717) is 0 Å². The normalized spacial score (nSPS) is 14.5. The lowest BCUT2D eigenvalue weighted by Crippen LogP contribution is -2.32. The smallest absolute Gasteiger partial charge is 0.137 e. The Morgan fingerprint density at radius 3 is 1.34 bits per heavy atom. The second-order valence-electron chi connectivity index (χ2n) is 17.8. The molecule has 11 aromatic rings. The van der Waals surface area contributed by atoms with E-state index < -0.39 is 10.8 Å². The highest BCUT2D eigenvalue weighted by Gasteiger charge is 2.53. The van der Waals surface area contributed by atoms with Crippen LogP contribution in [0.2, 0.25) is 0 Å². The highest BCUT2D eigenvalue weighted by molar-refractivity contribution is 6.13. The van der Waals surface area contributed by atoms with Crippen LogP contribution in [-0.4, -0.2) is 0 Å². The van der Waals surface area contributed by atoms with Crippen molar-refractivity contribution in [2.75, 3.05) is 4.90 Å². The van der Waals surface area contributed by atoms with Gasteiger partial charge in [0, 0.05) is 27.9 Å². The minimum Gasteiger partial charge on any atom is -0.457 e. The fourth-order valence-corrected chi connectivity index (χ4v) is 12.6. The minimum absolute atomic E-state index is 0.496. The lowest BCUT2D eigenvalue weighted by molar-refractivity contribution is 0.436. The number of para-hydroxylation sites is 2. The molecule has 0 atom stereocenters. The standard InChI is InChI=1S/C62H37NO2/c1-7-22-47-40(16-1)41-17-2-8-23-48(41)61(47)49-24-9-5-20-44(49)45-34-32-38(36-53(45)61)63(55-28-15-31-59-60(55)46-21-6-13-29-56(46)64-59)39-33-35-58-54(37-39)62(52-27-12-14-30-57(52)65-58)50-25-10-3-18-42(50)43-19-4-11-26-51(43)62/h1-37H. The number of furan rings is 1. The summed E-state index contributed by atoms with van der Waals surface area (Å²) >= 11 is 0. The summed E-state index contributed by atoms with van der Waals surface area (Å²) < 4.78 is 13.6. The Bertz CT molecular complexity index is 3740. The second-order valence-corrected chi connectivity index (χ2v) is 17.8. The van der Waals surface area contributed by atoms with E-state index in [1.165, 1.54) is 66.8 Å². The zero-order valence-corrected chi connectivity index (χ0v) is 35.1. The van der Waals surface area contributed by atoms with Gasteiger partial charge in [0.25, 0.3) is 0 Å². The molecule has 0 unspecified atom stereocenters. The maximum absolute atomic E-state index is 6.95. The predicted molar refractivity (Wildman–Crippen MR) is 262 cm³/mol. The third-order valence-electron chi connectivity index (χ3n) is 14.9. The average Bonchev–Trinajstić information content (AvgIpc) is 4.08. The van der Waals surface area contributed by atoms with Crippen LogP contribution in [0.25, 0.3) is 55.3 Å². The van der Waals surface area contributed by atoms with E-state index in [4.69, 9.17) is 9.15 Å². The Morgan fingerprint density at radius 2 is 0.738 bits per heavy atom. The van der Waals surface area contributed by atoms with Gasteiger partial charge in [0.2, 0.25) is 0 Å². The molecule has 10 aromatic carbocycles. The monoisotopic (exact) mass is 827 g/mol. The lowest BCUT2D eigenvalue weighted by Gasteiger charge is -2.40. The molecular formula is C62H37NO2. The van der Waals surface area contributed by atoms with Crippen molar-refractivity contribution in [3.63, 3.8) is 0 Å². The number of ether oxygens (including phenoxy) is 1. The number of hydrogen-bond acceptors (Lipinski definition) is 3. The van der Waals surface area contributed by atoms with Gasteiger partial charge >= 0.3 is 0 Å². The van der Waals surface area contributed by atoms with Crippen molar-refractivity contribution in [3.05, 3.63) is 269 Å². The zero-order chi connectivity index (χ0) is 42.4. The number of rotatable bonds is 3. The number of fused-ring (bicyclic) bond motifs is 22. The Balaban J connectivity index is 1.04. The molecule has 2 heterocycles. The molecule has 15 rings (SSSR count). The molecule has 65 heavy (non-hydrogen) atoms. The van der Waals surface area contributed by atoms with Crippen molar-refractivity contribution in [1.29, 1.82) is 0 Å². The Kier molecular flexibility index (Phi) is 6.82. The Hall–Kier alpha value is -8.40. The summed E-state index contributed by atoms with van der Waals surface area (Å²) in [5, 5.41) is 2.15. The van der Waals surface area contributed by atoms with Gasteiger partial charge in [-0.05, 0) is 121 Å². The van der Waals surface area contributed by atoms with Gasteiger partial charge < -0.3 is 14.1 Å². The number of anilines is 3. The molecule has 0 bridgehead atoms. The molecule has 0 saturated carbocycles. The van der Waals surface area contributed by atoms with E-state index in [1.54, 1.807) is 0 Å². The molecule has 4 aliphatic rings. The average molecular weight is 828 g/mol. The van der Waals surface area contributed by atoms with Gasteiger partial charge in [-0.2, -0.15) is 0 Å². The van der Waals surface area contributed by atoms with Crippen LogP contribution in [0.15, 0.2) is 229 Å². The molecule has 0 radical (unpaired) electrons. The summed E-state index contributed by atoms with van der Waals surface area (Å²) in [5.41, 5.74) is 21.4. The van der Waals surface area contributed by atoms with Crippen LogP contribution in [0, 0.1) is 0 Å². The van der Waals surface area contributed by atoms with E-state index in [9.17, 15) is 0 Å². The summed E-state index contributed by atoms with van der Waals surface area (Å²) in [6, 6.07) is 82.5. The van der Waals surface area contributed by atoms with Crippen LogP contribution < -0.4 is 9.64 Å². The Morgan fingerprint density at radius 1 is 0.308 bits per heavy atom. The Labute approximate surface area is 376 Å². The molecule has 2 spiro atoms. The summed E-state index contributed by atoms with van der Waals surface area (Å²) in [6.07, 6.45) is 0. The van der Waals surface area contributed by atoms with Crippen molar-refractivity contribution < 1.29 is 9.15 Å². The van der Waals surface area contributed by atoms with E-state index in [-0.39, 0.29) is 0 Å². The first-order valence-corrected chi connectivity index (χ1v) is 22.5. The first-order valence-electron chi connectivity index (χ1n) is 22.5. The van der Waals surface area contributed by atoms with Gasteiger partial charge in [0.15, 0.2) is 0 Å². The van der Waals surface area contributed by atoms with Crippen LogP contribution in [0.4, 0.5) is 17.1 Å². The molecule has 3 nitrogen and oxygen atoms in total. The number of benzene rings is 10. The molecule has 0 N–H and O–H groups in total. The summed E-state index contributed by atoms with van der Waals surface area (Å²) in [4.78, 5) is 2.47. The van der Waals surface area contributed by atoms with Crippen molar-refractivity contribution in [2.24, 2.45) is 0 Å². The second kappa shape index (κ2) is 12.6. The van der Waals surface area contributed by atoms with Crippen molar-refractivity contribution >= 4 is 39.0 Å². The maximum atomic E-state index is 6.95. The zero-order valence-electron chi connectivity index (χ0n) is 35.1. The van der Waals surface area contributed by atoms with Crippen LogP contribution in [0.1, 0.15) is 44.5 Å². The van der Waals surface area contributed by atoms with Gasteiger partial charge in [-0.15, -0.1) is 0 Å². The number of nitrogens with zero attached hydrogens (tertiary/aromatic N) is 1. The lowest BCUT2D eigenvalue weighted by atomic mass is 9.66. The highest BCUT2D eigenvalue weighted by atomic mass is 16.5. The molecule has 3 aliphatic carbocycles. The van der Waals surface area contributed by atoms with Gasteiger partial charge in [0.1, 0.15) is 22.7 Å². The largest absolute Gasteiger partial charge is 0.457 e.